The van der Waals surface area contributed by atoms with Crippen LogP contribution in [0, 0.1) is 0 Å². The largest absolute Gasteiger partial charge is 0.496 e. The molecule has 0 fully saturated rings. The van der Waals surface area contributed by atoms with Crippen LogP contribution in [0.2, 0.25) is 0 Å². The number of hydrogen-bond acceptors (Lipinski definition) is 3. The molecule has 1 aliphatic rings. The topological polar surface area (TPSA) is 31.4 Å². The van der Waals surface area contributed by atoms with Crippen LogP contribution in [0.3, 0.4) is 0 Å². The zero-order chi connectivity index (χ0) is 13.6. The van der Waals surface area contributed by atoms with E-state index in [2.05, 4.69) is 34.8 Å². The molecule has 19 heavy (non-hydrogen) atoms. The van der Waals surface area contributed by atoms with Crippen molar-refractivity contribution in [3.05, 3.63) is 29.8 Å². The third kappa shape index (κ3) is 1.98. The van der Waals surface area contributed by atoms with Crippen molar-refractivity contribution in [1.82, 2.24) is 4.98 Å². The lowest BCUT2D eigenvalue weighted by molar-refractivity contribution is 0.0865. The maximum Gasteiger partial charge on any atom is 0.221 e. The highest BCUT2D eigenvalue weighted by Gasteiger charge is 2.38. The van der Waals surface area contributed by atoms with E-state index in [1.165, 1.54) is 0 Å². The zero-order valence-electron chi connectivity index (χ0n) is 11.2. The Kier molecular flexibility index (Phi) is 2.93. The Morgan fingerprint density at radius 2 is 2.11 bits per heavy atom. The number of ether oxygens (including phenoxy) is 2. The number of benzene rings is 1. The molecule has 0 saturated carbocycles. The van der Waals surface area contributed by atoms with Crippen LogP contribution >= 0.6 is 15.9 Å². The second-order valence-corrected chi connectivity index (χ2v) is 6.43. The molecule has 0 N–H and O–H groups in total. The normalized spacial score (nSPS) is 20.7. The lowest BCUT2D eigenvalue weighted by atomic mass is 9.94. The number of para-hydroxylation sites is 1. The molecule has 2 aromatic rings. The third-order valence-electron chi connectivity index (χ3n) is 3.60. The minimum absolute atomic E-state index is 0.240. The first-order chi connectivity index (χ1) is 9.03. The first-order valence-electron chi connectivity index (χ1n) is 6.31. The van der Waals surface area contributed by atoms with Crippen LogP contribution in [-0.2, 0) is 6.42 Å². The van der Waals surface area contributed by atoms with Crippen LogP contribution in [0.25, 0.3) is 10.9 Å². The van der Waals surface area contributed by atoms with E-state index < -0.39 is 0 Å². The molecule has 0 saturated heterocycles. The number of halogens is 1. The second-order valence-electron chi connectivity index (χ2n) is 5.32. The molecule has 3 rings (SSSR count). The molecule has 1 aromatic carbocycles. The summed E-state index contributed by atoms with van der Waals surface area (Å²) >= 11 is 3.70. The highest BCUT2D eigenvalue weighted by molar-refractivity contribution is 9.09. The van der Waals surface area contributed by atoms with Crippen molar-refractivity contribution < 1.29 is 9.47 Å². The summed E-state index contributed by atoms with van der Waals surface area (Å²) in [6.07, 6.45) is 0.851. The highest BCUT2D eigenvalue weighted by atomic mass is 79.9. The standard InChI is InChI=1S/C15H16BrNO2/c1-15(2)12(16)8-10-13(18-3)9-6-4-5-7-11(9)17-14(10)19-15/h4-7,12H,8H2,1-3H3. The van der Waals surface area contributed by atoms with Crippen LogP contribution in [0.4, 0.5) is 0 Å². The molecular formula is C15H16BrNO2. The number of hydrogen-bond donors (Lipinski definition) is 0. The average Bonchev–Trinajstić information content (AvgIpc) is 2.37. The van der Waals surface area contributed by atoms with E-state index in [1.54, 1.807) is 7.11 Å². The molecule has 1 aromatic heterocycles. The van der Waals surface area contributed by atoms with E-state index in [0.717, 1.165) is 28.6 Å². The average molecular weight is 322 g/mol. The maximum absolute atomic E-state index is 6.04. The Labute approximate surface area is 121 Å². The van der Waals surface area contributed by atoms with Crippen LogP contribution in [-0.4, -0.2) is 22.5 Å². The van der Waals surface area contributed by atoms with Gasteiger partial charge in [0.15, 0.2) is 0 Å². The summed E-state index contributed by atoms with van der Waals surface area (Å²) < 4.78 is 11.6. The molecule has 0 amide bonds. The Morgan fingerprint density at radius 3 is 2.84 bits per heavy atom. The van der Waals surface area contributed by atoms with Gasteiger partial charge in [-0.05, 0) is 32.4 Å². The summed E-state index contributed by atoms with van der Waals surface area (Å²) in [6.45, 7) is 4.14. The van der Waals surface area contributed by atoms with E-state index in [0.29, 0.717) is 5.88 Å². The van der Waals surface area contributed by atoms with Crippen molar-refractivity contribution in [3.63, 3.8) is 0 Å². The fraction of sp³-hybridized carbons (Fsp3) is 0.400. The van der Waals surface area contributed by atoms with Crippen LogP contribution in [0.1, 0.15) is 19.4 Å². The van der Waals surface area contributed by atoms with Gasteiger partial charge in [-0.2, -0.15) is 0 Å². The smallest absolute Gasteiger partial charge is 0.221 e. The predicted molar refractivity (Wildman–Crippen MR) is 79.4 cm³/mol. The second kappa shape index (κ2) is 4.37. The Bertz CT molecular complexity index is 639. The summed E-state index contributed by atoms with van der Waals surface area (Å²) in [5.74, 6) is 1.57. The minimum atomic E-state index is -0.270. The Hall–Kier alpha value is -1.29. The van der Waals surface area contributed by atoms with Gasteiger partial charge in [0.05, 0.1) is 23.0 Å². The van der Waals surface area contributed by atoms with E-state index in [1.807, 2.05) is 24.3 Å². The summed E-state index contributed by atoms with van der Waals surface area (Å²) in [5.41, 5.74) is 1.68. The van der Waals surface area contributed by atoms with Gasteiger partial charge < -0.3 is 9.47 Å². The molecule has 3 nitrogen and oxygen atoms in total. The summed E-state index contributed by atoms with van der Waals surface area (Å²) in [7, 11) is 1.70. The van der Waals surface area contributed by atoms with Gasteiger partial charge in [-0.3, -0.25) is 0 Å². The molecule has 100 valence electrons. The number of fused-ring (bicyclic) bond motifs is 2. The molecule has 0 aliphatic carbocycles. The van der Waals surface area contributed by atoms with Gasteiger partial charge in [-0.1, -0.05) is 28.1 Å². The molecule has 2 heterocycles. The van der Waals surface area contributed by atoms with Crippen molar-refractivity contribution in [3.8, 4) is 11.6 Å². The molecule has 0 radical (unpaired) electrons. The third-order valence-corrected chi connectivity index (χ3v) is 5.03. The SMILES string of the molecule is COc1c2c(nc3ccccc13)OC(C)(C)C(Br)C2. The van der Waals surface area contributed by atoms with Gasteiger partial charge in [-0.25, -0.2) is 4.98 Å². The summed E-state index contributed by atoms with van der Waals surface area (Å²) in [5, 5.41) is 1.03. The number of alkyl halides is 1. The number of nitrogens with zero attached hydrogens (tertiary/aromatic N) is 1. The van der Waals surface area contributed by atoms with Crippen LogP contribution in [0.15, 0.2) is 24.3 Å². The van der Waals surface area contributed by atoms with Gasteiger partial charge in [0.1, 0.15) is 11.4 Å². The fourth-order valence-corrected chi connectivity index (χ4v) is 2.85. The first kappa shape index (κ1) is 12.7. The Morgan fingerprint density at radius 1 is 1.37 bits per heavy atom. The van der Waals surface area contributed by atoms with Crippen LogP contribution < -0.4 is 9.47 Å². The lowest BCUT2D eigenvalue weighted by Gasteiger charge is -2.36. The number of aromatic nitrogens is 1. The molecule has 0 bridgehead atoms. The number of rotatable bonds is 1. The highest BCUT2D eigenvalue weighted by Crippen LogP contribution is 2.42. The molecule has 4 heteroatoms. The predicted octanol–water partition coefficient (Wildman–Crippen LogP) is 3.72. The number of pyridine rings is 1. The Balaban J connectivity index is 2.27. The zero-order valence-corrected chi connectivity index (χ0v) is 12.8. The van der Waals surface area contributed by atoms with E-state index >= 15 is 0 Å². The molecule has 1 unspecified atom stereocenters. The molecule has 1 atom stereocenters. The summed E-state index contributed by atoms with van der Waals surface area (Å²) in [6, 6.07) is 7.99. The van der Waals surface area contributed by atoms with Crippen molar-refractivity contribution in [2.24, 2.45) is 0 Å². The first-order valence-corrected chi connectivity index (χ1v) is 7.23. The van der Waals surface area contributed by atoms with Crippen molar-refractivity contribution >= 4 is 26.8 Å². The van der Waals surface area contributed by atoms with Crippen molar-refractivity contribution in [1.29, 1.82) is 0 Å². The van der Waals surface area contributed by atoms with Crippen molar-refractivity contribution in [2.75, 3.05) is 7.11 Å². The molecular weight excluding hydrogens is 306 g/mol. The monoisotopic (exact) mass is 321 g/mol. The molecule has 1 aliphatic heterocycles. The van der Waals surface area contributed by atoms with Gasteiger partial charge in [0, 0.05) is 5.39 Å². The van der Waals surface area contributed by atoms with Gasteiger partial charge >= 0.3 is 0 Å². The molecule has 0 spiro atoms. The van der Waals surface area contributed by atoms with Gasteiger partial charge in [-0.15, -0.1) is 0 Å². The van der Waals surface area contributed by atoms with E-state index in [4.69, 9.17) is 9.47 Å². The fourth-order valence-electron chi connectivity index (χ4n) is 2.44. The summed E-state index contributed by atoms with van der Waals surface area (Å²) in [4.78, 5) is 4.87. The minimum Gasteiger partial charge on any atom is -0.496 e. The van der Waals surface area contributed by atoms with Crippen molar-refractivity contribution in [2.45, 2.75) is 30.7 Å². The number of methoxy groups -OCH3 is 1. The van der Waals surface area contributed by atoms with Gasteiger partial charge in [0.25, 0.3) is 0 Å². The van der Waals surface area contributed by atoms with E-state index in [-0.39, 0.29) is 10.4 Å². The lowest BCUT2D eigenvalue weighted by Crippen LogP contribution is -2.43. The van der Waals surface area contributed by atoms with E-state index in [9.17, 15) is 0 Å². The maximum atomic E-state index is 6.04. The van der Waals surface area contributed by atoms with Crippen LogP contribution in [0.5, 0.6) is 11.6 Å². The van der Waals surface area contributed by atoms with Gasteiger partial charge in [0.2, 0.25) is 5.88 Å². The quantitative estimate of drug-likeness (QED) is 0.750.